The van der Waals surface area contributed by atoms with Gasteiger partial charge in [0, 0.05) is 0 Å². The number of hydrogen-bond acceptors (Lipinski definition) is 2. The number of carbonyl (C=O) groups is 2. The van der Waals surface area contributed by atoms with Gasteiger partial charge in [-0.1, -0.05) is 0 Å². The minimum atomic E-state index is -0.252. The van der Waals surface area contributed by atoms with Gasteiger partial charge in [-0.25, -0.2) is 0 Å². The molecule has 0 aliphatic carbocycles. The van der Waals surface area contributed by atoms with Crippen LogP contribution in [0.2, 0.25) is 0 Å². The van der Waals surface area contributed by atoms with E-state index in [-0.39, 0.29) is 44.0 Å². The Morgan fingerprint density at radius 1 is 1.17 bits per heavy atom. The number of nitrogens with one attached hydrogen (secondary N) is 2. The van der Waals surface area contributed by atoms with Crippen LogP contribution in [0.4, 0.5) is 0 Å². The second kappa shape index (κ2) is 7.31. The Hall–Kier alpha value is -0.330. The maximum absolute atomic E-state index is 11.5. The van der Waals surface area contributed by atoms with Crippen LogP contribution in [0.25, 0.3) is 0 Å². The van der Waals surface area contributed by atoms with Gasteiger partial charge in [0.25, 0.3) is 0 Å². The van der Waals surface area contributed by atoms with Gasteiger partial charge in [-0.3, -0.25) is 0 Å². The molecule has 0 radical (unpaired) electrons. The van der Waals surface area contributed by atoms with Crippen molar-refractivity contribution in [3.63, 3.8) is 0 Å². The van der Waals surface area contributed by atoms with E-state index in [9.17, 15) is 9.59 Å². The molecule has 0 aromatic rings. The van der Waals surface area contributed by atoms with Crippen molar-refractivity contribution in [2.45, 2.75) is 46.6 Å². The minimum absolute atomic E-state index is 0.00924. The molecule has 0 saturated heterocycles. The van der Waals surface area contributed by atoms with Gasteiger partial charge in [0.1, 0.15) is 0 Å². The van der Waals surface area contributed by atoms with Crippen LogP contribution < -0.4 is 31.8 Å². The van der Waals surface area contributed by atoms with Crippen LogP contribution in [0.5, 0.6) is 0 Å². The second-order valence-corrected chi connectivity index (χ2v) is 8.37. The molecular formula is C13H26IN2O2-. The van der Waals surface area contributed by atoms with E-state index in [0.29, 0.717) is 11.0 Å². The molecule has 0 saturated carbocycles. The summed E-state index contributed by atoms with van der Waals surface area (Å²) in [6.45, 7) is 10.4. The molecule has 108 valence electrons. The summed E-state index contributed by atoms with van der Waals surface area (Å²) in [4.78, 5) is 24.7. The zero-order valence-electron chi connectivity index (χ0n) is 12.3. The van der Waals surface area contributed by atoms with Crippen LogP contribution in [0.3, 0.4) is 0 Å². The van der Waals surface area contributed by atoms with Crippen molar-refractivity contribution in [2.24, 2.45) is 5.41 Å². The monoisotopic (exact) mass is 369 g/mol. The van der Waals surface area contributed by atoms with E-state index in [2.05, 4.69) is 29.4 Å². The Balaban J connectivity index is 4.28. The predicted molar refractivity (Wildman–Crippen MR) is 70.1 cm³/mol. The number of amides is 2. The average molecular weight is 369 g/mol. The molecule has 0 rings (SSSR count). The quantitative estimate of drug-likeness (QED) is 0.409. The van der Waals surface area contributed by atoms with Crippen molar-refractivity contribution in [1.82, 2.24) is 10.6 Å². The summed E-state index contributed by atoms with van der Waals surface area (Å²) in [5, 5.41) is 5.92. The number of halogens is 1. The number of alkyl halides is 2. The molecule has 0 aromatic heterocycles. The van der Waals surface area contributed by atoms with Gasteiger partial charge in [-0.15, -0.1) is 0 Å². The van der Waals surface area contributed by atoms with Crippen LogP contribution >= 0.6 is 0 Å². The van der Waals surface area contributed by atoms with E-state index < -0.39 is 0 Å². The van der Waals surface area contributed by atoms with E-state index >= 15 is 0 Å². The van der Waals surface area contributed by atoms with Crippen molar-refractivity contribution < 1.29 is 30.8 Å². The summed E-state index contributed by atoms with van der Waals surface area (Å²) in [6.07, 6.45) is 0.820. The molecule has 0 heterocycles. The van der Waals surface area contributed by atoms with Crippen molar-refractivity contribution >= 4 is 11.8 Å². The summed E-state index contributed by atoms with van der Waals surface area (Å²) in [7, 11) is 0. The van der Waals surface area contributed by atoms with Gasteiger partial charge in [0.2, 0.25) is 0 Å². The molecule has 2 N–H and O–H groups in total. The molecule has 0 aliphatic rings. The van der Waals surface area contributed by atoms with Crippen molar-refractivity contribution in [3.8, 4) is 0 Å². The topological polar surface area (TPSA) is 58.2 Å². The normalized spacial score (nSPS) is 12.3. The molecule has 5 heteroatoms. The van der Waals surface area contributed by atoms with Gasteiger partial charge in [-0.05, 0) is 0 Å². The average Bonchev–Trinajstić information content (AvgIpc) is 2.11. The molecule has 0 spiro atoms. The Morgan fingerprint density at radius 3 is 2.17 bits per heavy atom. The van der Waals surface area contributed by atoms with E-state index in [0.717, 1.165) is 6.42 Å². The van der Waals surface area contributed by atoms with Crippen LogP contribution in [0.1, 0.15) is 41.0 Å². The molecular weight excluding hydrogens is 343 g/mol. The third-order valence-corrected chi connectivity index (χ3v) is 3.91. The molecule has 0 aromatic carbocycles. The Kier molecular flexibility index (Phi) is 7.17. The fraction of sp³-hybridized carbons (Fsp3) is 0.846. The first kappa shape index (κ1) is 17.7. The first-order chi connectivity index (χ1) is 8.08. The van der Waals surface area contributed by atoms with E-state index in [1.54, 1.807) is 0 Å². The zero-order chi connectivity index (χ0) is 14.4. The Morgan fingerprint density at radius 2 is 1.72 bits per heavy atom. The van der Waals surface area contributed by atoms with Gasteiger partial charge in [0.05, 0.1) is 0 Å². The maximum atomic E-state index is 11.5. The van der Waals surface area contributed by atoms with Crippen molar-refractivity contribution in [1.29, 1.82) is 0 Å². The molecule has 0 fully saturated rings. The molecule has 4 nitrogen and oxygen atoms in total. The Bertz CT molecular complexity index is 301. The SMILES string of the molecule is C[I-]CC(=O)NCC(C)(C)CC(C)(C)NC(C)=O. The zero-order valence-corrected chi connectivity index (χ0v) is 14.5. The first-order valence-corrected chi connectivity index (χ1v) is 9.75. The van der Waals surface area contributed by atoms with Crippen LogP contribution in [-0.4, -0.2) is 33.3 Å². The molecule has 0 bridgehead atoms. The summed E-state index contributed by atoms with van der Waals surface area (Å²) >= 11 is 0.00924. The standard InChI is InChI=1S/C13H26IN2O2/c1-10(17)16-13(4,5)8-12(2,3)9-15-11(18)7-14-6/h7-9H2,1-6H3,(H,15,18)(H,16,17)/q-1. The van der Waals surface area contributed by atoms with Crippen LogP contribution in [0.15, 0.2) is 0 Å². The van der Waals surface area contributed by atoms with E-state index in [1.807, 2.05) is 13.8 Å². The summed E-state index contributed by atoms with van der Waals surface area (Å²) < 4.78 is 0.685. The summed E-state index contributed by atoms with van der Waals surface area (Å²) in [6, 6.07) is 0. The summed E-state index contributed by atoms with van der Waals surface area (Å²) in [5.74, 6) is 0.131. The third-order valence-electron chi connectivity index (χ3n) is 2.45. The van der Waals surface area contributed by atoms with Crippen LogP contribution in [-0.2, 0) is 9.59 Å². The predicted octanol–water partition coefficient (Wildman–Crippen LogP) is -1.85. The first-order valence-electron chi connectivity index (χ1n) is 6.07. The van der Waals surface area contributed by atoms with Gasteiger partial charge >= 0.3 is 121 Å². The van der Waals surface area contributed by atoms with Gasteiger partial charge < -0.3 is 0 Å². The van der Waals surface area contributed by atoms with Crippen molar-refractivity contribution in [3.05, 3.63) is 0 Å². The number of hydrogen-bond donors (Lipinski definition) is 2. The Labute approximate surface area is 121 Å². The van der Waals surface area contributed by atoms with Crippen molar-refractivity contribution in [2.75, 3.05) is 15.9 Å². The molecule has 2 amide bonds. The van der Waals surface area contributed by atoms with Crippen LogP contribution in [0, 0.1) is 5.41 Å². The fourth-order valence-electron chi connectivity index (χ4n) is 2.29. The van der Waals surface area contributed by atoms with E-state index in [4.69, 9.17) is 0 Å². The second-order valence-electron chi connectivity index (χ2n) is 6.08. The third kappa shape index (κ3) is 8.72. The fourth-order valence-corrected chi connectivity index (χ4v) is 3.25. The summed E-state index contributed by atoms with van der Waals surface area (Å²) in [5.41, 5.74) is -0.286. The van der Waals surface area contributed by atoms with Gasteiger partial charge in [0.15, 0.2) is 0 Å². The molecule has 0 aliphatic heterocycles. The van der Waals surface area contributed by atoms with E-state index in [1.165, 1.54) is 6.92 Å². The van der Waals surface area contributed by atoms with Gasteiger partial charge in [-0.2, -0.15) is 0 Å². The number of rotatable bonds is 7. The molecule has 18 heavy (non-hydrogen) atoms. The molecule has 0 atom stereocenters. The number of carbonyl (C=O) groups excluding carboxylic acids is 2. The molecule has 0 unspecified atom stereocenters.